The monoisotopic (exact) mass is 563 g/mol. The molecule has 0 spiro atoms. The number of piperidine rings is 2. The second-order valence-electron chi connectivity index (χ2n) is 10.5. The molecule has 3 fully saturated rings. The summed E-state index contributed by atoms with van der Waals surface area (Å²) in [5.74, 6) is -0.422. The van der Waals surface area contributed by atoms with Crippen LogP contribution in [0, 0.1) is 5.82 Å². The summed E-state index contributed by atoms with van der Waals surface area (Å²) in [6.07, 6.45) is 6.24. The molecule has 5 rings (SSSR count). The Morgan fingerprint density at radius 1 is 0.947 bits per heavy atom. The molecule has 0 aromatic heterocycles. The van der Waals surface area contributed by atoms with Gasteiger partial charge in [0.1, 0.15) is 12.4 Å². The number of nitrogens with zero attached hydrogens (tertiary/aromatic N) is 3. The van der Waals surface area contributed by atoms with Crippen molar-refractivity contribution in [2.75, 3.05) is 32.8 Å². The third kappa shape index (κ3) is 6.01. The number of benzene rings is 2. The Bertz CT molecular complexity index is 1210. The summed E-state index contributed by atoms with van der Waals surface area (Å²) < 4.78 is 48.7. The predicted molar refractivity (Wildman–Crippen MR) is 144 cm³/mol. The van der Waals surface area contributed by atoms with Crippen LogP contribution in [-0.4, -0.2) is 73.5 Å². The molecule has 0 saturated carbocycles. The Balaban J connectivity index is 1.27. The zero-order chi connectivity index (χ0) is 26.7. The quantitative estimate of drug-likeness (QED) is 0.467. The van der Waals surface area contributed by atoms with Crippen LogP contribution in [0.4, 0.5) is 9.18 Å². The van der Waals surface area contributed by atoms with Crippen molar-refractivity contribution in [3.63, 3.8) is 0 Å². The van der Waals surface area contributed by atoms with Crippen molar-refractivity contribution in [2.45, 2.75) is 68.0 Å². The molecule has 3 heterocycles. The molecule has 2 aromatic carbocycles. The number of carbonyl (C=O) groups is 1. The molecule has 3 saturated heterocycles. The molecular formula is C28H35ClFN3O4S. The highest BCUT2D eigenvalue weighted by Gasteiger charge is 2.44. The van der Waals surface area contributed by atoms with Crippen LogP contribution < -0.4 is 0 Å². The summed E-state index contributed by atoms with van der Waals surface area (Å²) in [6, 6.07) is 11.4. The van der Waals surface area contributed by atoms with Gasteiger partial charge in [-0.2, -0.15) is 4.31 Å². The summed E-state index contributed by atoms with van der Waals surface area (Å²) >= 11 is 5.99. The molecule has 0 radical (unpaired) electrons. The number of rotatable bonds is 6. The third-order valence-corrected chi connectivity index (χ3v) is 10.3. The topological polar surface area (TPSA) is 70.2 Å². The van der Waals surface area contributed by atoms with Crippen LogP contribution in [-0.2, 0) is 14.8 Å². The lowest BCUT2D eigenvalue weighted by atomic mass is 10.0. The summed E-state index contributed by atoms with van der Waals surface area (Å²) in [5, 5.41) is 0.432. The average molecular weight is 564 g/mol. The van der Waals surface area contributed by atoms with Crippen LogP contribution in [0.1, 0.15) is 56.6 Å². The molecule has 0 bridgehead atoms. The summed E-state index contributed by atoms with van der Waals surface area (Å²) in [4.78, 5) is 17.3. The van der Waals surface area contributed by atoms with Crippen LogP contribution in [0.3, 0.4) is 0 Å². The van der Waals surface area contributed by atoms with E-state index in [0.29, 0.717) is 42.6 Å². The number of hydrogen-bond acceptors (Lipinski definition) is 5. The summed E-state index contributed by atoms with van der Waals surface area (Å²) in [5.41, 5.74) is 0.580. The normalized spacial score (nSPS) is 24.0. The van der Waals surface area contributed by atoms with Gasteiger partial charge >= 0.3 is 6.09 Å². The third-order valence-electron chi connectivity index (χ3n) is 8.09. The Morgan fingerprint density at radius 3 is 2.34 bits per heavy atom. The Labute approximate surface area is 229 Å². The molecule has 3 aliphatic heterocycles. The fourth-order valence-corrected chi connectivity index (χ4v) is 8.06. The lowest BCUT2D eigenvalue weighted by molar-refractivity contribution is 0.0575. The standard InChI is InChI=1S/C28H35ClFN3O4S/c29-22-7-10-26(11-8-22)38(35,36)33-25(9-12-27(33)21-5-4-6-23(30)19-21)20-37-28(34)32-17-13-24(14-18-32)31-15-2-1-3-16-31/h4-8,10-11,19,24-25,27H,1-3,9,12-18,20H2/t25-,27+/m1/s1. The van der Waals surface area contributed by atoms with E-state index in [1.165, 1.54) is 60.0 Å². The van der Waals surface area contributed by atoms with E-state index in [1.54, 1.807) is 17.0 Å². The molecule has 2 aromatic rings. The number of halogens is 2. The zero-order valence-corrected chi connectivity index (χ0v) is 23.0. The maximum Gasteiger partial charge on any atom is 0.409 e. The fourth-order valence-electron chi connectivity index (χ4n) is 6.09. The van der Waals surface area contributed by atoms with Crippen LogP contribution in [0.15, 0.2) is 53.4 Å². The van der Waals surface area contributed by atoms with E-state index in [9.17, 15) is 17.6 Å². The molecule has 38 heavy (non-hydrogen) atoms. The van der Waals surface area contributed by atoms with Gasteiger partial charge in [0, 0.05) is 24.2 Å². The van der Waals surface area contributed by atoms with E-state index in [0.717, 1.165) is 25.9 Å². The van der Waals surface area contributed by atoms with Gasteiger partial charge in [0.15, 0.2) is 0 Å². The van der Waals surface area contributed by atoms with Crippen LogP contribution in [0.25, 0.3) is 0 Å². The Hall–Kier alpha value is -2.20. The second kappa shape index (κ2) is 11.9. The minimum absolute atomic E-state index is 0.0521. The SMILES string of the molecule is O=C(OC[C@H]1CC[C@@H](c2cccc(F)c2)N1S(=O)(=O)c1ccc(Cl)cc1)N1CCC(N2CCCCC2)CC1. The molecule has 206 valence electrons. The van der Waals surface area contributed by atoms with Gasteiger partial charge in [-0.25, -0.2) is 17.6 Å². The number of ether oxygens (including phenoxy) is 1. The van der Waals surface area contributed by atoms with Crippen molar-refractivity contribution in [3.05, 3.63) is 64.9 Å². The van der Waals surface area contributed by atoms with Crippen molar-refractivity contribution in [1.82, 2.24) is 14.1 Å². The number of amides is 1. The second-order valence-corrected chi connectivity index (χ2v) is 12.8. The highest BCUT2D eigenvalue weighted by molar-refractivity contribution is 7.89. The first-order chi connectivity index (χ1) is 18.3. The van der Waals surface area contributed by atoms with Gasteiger partial charge in [0.05, 0.1) is 17.0 Å². The summed E-state index contributed by atoms with van der Waals surface area (Å²) in [6.45, 7) is 3.51. The van der Waals surface area contributed by atoms with Gasteiger partial charge < -0.3 is 14.5 Å². The zero-order valence-electron chi connectivity index (χ0n) is 21.5. The van der Waals surface area contributed by atoms with E-state index >= 15 is 0 Å². The van der Waals surface area contributed by atoms with E-state index in [4.69, 9.17) is 16.3 Å². The van der Waals surface area contributed by atoms with Crippen LogP contribution >= 0.6 is 11.6 Å². The van der Waals surface area contributed by atoms with Crippen molar-refractivity contribution >= 4 is 27.7 Å². The number of likely N-dealkylation sites (tertiary alicyclic amines) is 2. The Morgan fingerprint density at radius 2 is 1.66 bits per heavy atom. The van der Waals surface area contributed by atoms with Crippen LogP contribution in [0.5, 0.6) is 0 Å². The highest BCUT2D eigenvalue weighted by atomic mass is 35.5. The molecule has 10 heteroatoms. The first-order valence-corrected chi connectivity index (χ1v) is 15.3. The van der Waals surface area contributed by atoms with E-state index < -0.39 is 34.0 Å². The number of hydrogen-bond donors (Lipinski definition) is 0. The maximum atomic E-state index is 14.1. The van der Waals surface area contributed by atoms with E-state index in [1.807, 2.05) is 0 Å². The van der Waals surface area contributed by atoms with Gasteiger partial charge in [-0.15, -0.1) is 0 Å². The van der Waals surface area contributed by atoms with Crippen molar-refractivity contribution in [3.8, 4) is 0 Å². The predicted octanol–water partition coefficient (Wildman–Crippen LogP) is 5.46. The fraction of sp³-hybridized carbons (Fsp3) is 0.536. The highest BCUT2D eigenvalue weighted by Crippen LogP contribution is 2.41. The minimum Gasteiger partial charge on any atom is -0.448 e. The molecule has 2 atom stereocenters. The first-order valence-electron chi connectivity index (χ1n) is 13.5. The van der Waals surface area contributed by atoms with Crippen molar-refractivity contribution in [1.29, 1.82) is 0 Å². The molecule has 1 amide bonds. The lowest BCUT2D eigenvalue weighted by Gasteiger charge is -2.40. The molecule has 0 N–H and O–H groups in total. The molecule has 0 aliphatic carbocycles. The van der Waals surface area contributed by atoms with Gasteiger partial charge in [-0.1, -0.05) is 30.2 Å². The number of sulfonamides is 1. The van der Waals surface area contributed by atoms with Gasteiger partial charge in [-0.05, 0) is 93.6 Å². The Kier molecular flexibility index (Phi) is 8.57. The smallest absolute Gasteiger partial charge is 0.409 e. The van der Waals surface area contributed by atoms with E-state index in [2.05, 4.69) is 4.90 Å². The molecule has 7 nitrogen and oxygen atoms in total. The average Bonchev–Trinajstić information content (AvgIpc) is 3.38. The first kappa shape index (κ1) is 27.4. The van der Waals surface area contributed by atoms with Gasteiger partial charge in [0.2, 0.25) is 10.0 Å². The van der Waals surface area contributed by atoms with Crippen LogP contribution in [0.2, 0.25) is 5.02 Å². The molecule has 0 unspecified atom stereocenters. The van der Waals surface area contributed by atoms with Crippen molar-refractivity contribution in [2.24, 2.45) is 0 Å². The van der Waals surface area contributed by atoms with E-state index in [-0.39, 0.29) is 11.5 Å². The van der Waals surface area contributed by atoms with Gasteiger partial charge in [0.25, 0.3) is 0 Å². The van der Waals surface area contributed by atoms with Gasteiger partial charge in [-0.3, -0.25) is 0 Å². The maximum absolute atomic E-state index is 14.1. The number of carbonyl (C=O) groups excluding carboxylic acids is 1. The lowest BCUT2D eigenvalue weighted by Crippen LogP contribution is -2.48. The molecular weight excluding hydrogens is 529 g/mol. The minimum atomic E-state index is -3.97. The summed E-state index contributed by atoms with van der Waals surface area (Å²) in [7, 11) is -3.97. The van der Waals surface area contributed by atoms with Crippen molar-refractivity contribution < 1.29 is 22.3 Å². The largest absolute Gasteiger partial charge is 0.448 e. The molecule has 3 aliphatic rings.